The van der Waals surface area contributed by atoms with E-state index in [4.69, 9.17) is 9.47 Å². The topological polar surface area (TPSA) is 18.5 Å². The second-order valence-corrected chi connectivity index (χ2v) is 3.14. The molecule has 2 heteroatoms. The van der Waals surface area contributed by atoms with Crippen LogP contribution in [0, 0.1) is 6.07 Å². The molecular formula is C12H17O2. The van der Waals surface area contributed by atoms with Gasteiger partial charge in [-0.1, -0.05) is 25.8 Å². The Bertz CT molecular complexity index is 258. The van der Waals surface area contributed by atoms with Gasteiger partial charge in [-0.15, -0.1) is 0 Å². The molecule has 14 heavy (non-hydrogen) atoms. The Morgan fingerprint density at radius 1 is 1.21 bits per heavy atom. The molecule has 0 saturated heterocycles. The first-order chi connectivity index (χ1) is 6.86. The van der Waals surface area contributed by atoms with Crippen LogP contribution in [-0.2, 0) is 0 Å². The van der Waals surface area contributed by atoms with E-state index in [-0.39, 0.29) is 0 Å². The van der Waals surface area contributed by atoms with Gasteiger partial charge >= 0.3 is 0 Å². The van der Waals surface area contributed by atoms with Gasteiger partial charge in [0.05, 0.1) is 19.8 Å². The lowest BCUT2D eigenvalue weighted by Crippen LogP contribution is -1.97. The molecule has 1 aromatic carbocycles. The van der Waals surface area contributed by atoms with Crippen molar-refractivity contribution in [2.45, 2.75) is 26.2 Å². The largest absolute Gasteiger partial charge is 0.496 e. The molecule has 77 valence electrons. The van der Waals surface area contributed by atoms with E-state index in [0.717, 1.165) is 24.5 Å². The summed E-state index contributed by atoms with van der Waals surface area (Å²) in [6.07, 6.45) is 3.52. The van der Waals surface area contributed by atoms with Crippen LogP contribution in [0.3, 0.4) is 0 Å². The van der Waals surface area contributed by atoms with Crippen molar-refractivity contribution >= 4 is 0 Å². The summed E-state index contributed by atoms with van der Waals surface area (Å²) in [4.78, 5) is 0. The molecule has 0 spiro atoms. The molecule has 0 fully saturated rings. The molecule has 0 saturated carbocycles. The summed E-state index contributed by atoms with van der Waals surface area (Å²) in [5.74, 6) is 1.48. The van der Waals surface area contributed by atoms with Gasteiger partial charge in [0.15, 0.2) is 0 Å². The number of hydrogen-bond acceptors (Lipinski definition) is 2. The summed E-state index contributed by atoms with van der Waals surface area (Å²) in [7, 11) is 1.63. The van der Waals surface area contributed by atoms with Gasteiger partial charge in [0.25, 0.3) is 0 Å². The quantitative estimate of drug-likeness (QED) is 0.646. The van der Waals surface area contributed by atoms with E-state index in [0.29, 0.717) is 0 Å². The van der Waals surface area contributed by atoms with E-state index in [1.807, 2.05) is 18.2 Å². The number of hydrogen-bond donors (Lipinski definition) is 0. The normalized spacial score (nSPS) is 9.86. The Hall–Kier alpha value is -1.18. The molecule has 1 radical (unpaired) electrons. The summed E-state index contributed by atoms with van der Waals surface area (Å²) in [5.41, 5.74) is 0. The van der Waals surface area contributed by atoms with Crippen molar-refractivity contribution in [2.75, 3.05) is 13.7 Å². The molecule has 0 N–H and O–H groups in total. The van der Waals surface area contributed by atoms with E-state index in [1.54, 1.807) is 7.11 Å². The lowest BCUT2D eigenvalue weighted by molar-refractivity contribution is 0.303. The Morgan fingerprint density at radius 2 is 2.00 bits per heavy atom. The van der Waals surface area contributed by atoms with Gasteiger partial charge in [0, 0.05) is 0 Å². The van der Waals surface area contributed by atoms with E-state index >= 15 is 0 Å². The van der Waals surface area contributed by atoms with Gasteiger partial charge in [-0.25, -0.2) is 0 Å². The van der Waals surface area contributed by atoms with Crippen LogP contribution in [0.1, 0.15) is 26.2 Å². The Morgan fingerprint density at radius 3 is 2.71 bits per heavy atom. The highest BCUT2D eigenvalue weighted by Gasteiger charge is 1.96. The first-order valence-electron chi connectivity index (χ1n) is 5.06. The van der Waals surface area contributed by atoms with Crippen LogP contribution in [0.2, 0.25) is 0 Å². The van der Waals surface area contributed by atoms with E-state index in [2.05, 4.69) is 13.0 Å². The smallest absolute Gasteiger partial charge is 0.131 e. The summed E-state index contributed by atoms with van der Waals surface area (Å²) in [6.45, 7) is 2.94. The maximum Gasteiger partial charge on any atom is 0.131 e. The number of ether oxygens (including phenoxy) is 2. The molecule has 1 aromatic rings. The number of unbranched alkanes of at least 4 members (excludes halogenated alkanes) is 2. The monoisotopic (exact) mass is 193 g/mol. The Labute approximate surface area is 85.8 Å². The van der Waals surface area contributed by atoms with E-state index in [9.17, 15) is 0 Å². The minimum atomic E-state index is 0.720. The molecule has 0 aliphatic carbocycles. The molecule has 0 amide bonds. The van der Waals surface area contributed by atoms with Crippen LogP contribution in [0.5, 0.6) is 11.5 Å². The van der Waals surface area contributed by atoms with Crippen LogP contribution in [0.25, 0.3) is 0 Å². The molecule has 0 heterocycles. The number of benzene rings is 1. The zero-order valence-electron chi connectivity index (χ0n) is 8.88. The summed E-state index contributed by atoms with van der Waals surface area (Å²) in [6, 6.07) is 8.69. The van der Waals surface area contributed by atoms with Crippen LogP contribution in [0.15, 0.2) is 18.2 Å². The van der Waals surface area contributed by atoms with Crippen LogP contribution >= 0.6 is 0 Å². The molecule has 0 bridgehead atoms. The van der Waals surface area contributed by atoms with Crippen molar-refractivity contribution < 1.29 is 9.47 Å². The van der Waals surface area contributed by atoms with Crippen LogP contribution in [0.4, 0.5) is 0 Å². The second kappa shape index (κ2) is 6.30. The van der Waals surface area contributed by atoms with Crippen molar-refractivity contribution in [1.82, 2.24) is 0 Å². The SMILES string of the molecule is CCCCCOc1[c]c(OC)ccc1. The lowest BCUT2D eigenvalue weighted by atomic mass is 10.3. The maximum atomic E-state index is 5.52. The summed E-state index contributed by atoms with van der Waals surface area (Å²) >= 11 is 0. The van der Waals surface area contributed by atoms with Crippen molar-refractivity contribution in [2.24, 2.45) is 0 Å². The molecule has 0 aliphatic rings. The fourth-order valence-corrected chi connectivity index (χ4v) is 1.17. The van der Waals surface area contributed by atoms with E-state index < -0.39 is 0 Å². The third kappa shape index (κ3) is 3.69. The van der Waals surface area contributed by atoms with Crippen molar-refractivity contribution in [1.29, 1.82) is 0 Å². The fourth-order valence-electron chi connectivity index (χ4n) is 1.17. The fraction of sp³-hybridized carbons (Fsp3) is 0.500. The van der Waals surface area contributed by atoms with Gasteiger partial charge in [0.1, 0.15) is 11.5 Å². The number of rotatable bonds is 6. The summed E-state index contributed by atoms with van der Waals surface area (Å²) < 4.78 is 10.6. The standard InChI is InChI=1S/C12H17O2/c1-3-4-5-9-14-12-8-6-7-11(10-12)13-2/h6-8H,3-5,9H2,1-2H3. The van der Waals surface area contributed by atoms with Crippen LogP contribution in [-0.4, -0.2) is 13.7 Å². The minimum absolute atomic E-state index is 0.720. The van der Waals surface area contributed by atoms with Gasteiger partial charge in [-0.05, 0) is 18.6 Å². The van der Waals surface area contributed by atoms with Gasteiger partial charge in [-0.2, -0.15) is 0 Å². The first-order valence-corrected chi connectivity index (χ1v) is 5.06. The third-order valence-electron chi connectivity index (χ3n) is 1.97. The predicted octanol–water partition coefficient (Wildman–Crippen LogP) is 3.06. The highest BCUT2D eigenvalue weighted by atomic mass is 16.5. The van der Waals surface area contributed by atoms with Crippen molar-refractivity contribution in [3.8, 4) is 11.5 Å². The zero-order chi connectivity index (χ0) is 10.2. The number of methoxy groups -OCH3 is 1. The Kier molecular flexibility index (Phi) is 4.90. The lowest BCUT2D eigenvalue weighted by Gasteiger charge is -2.06. The molecule has 0 atom stereocenters. The zero-order valence-corrected chi connectivity index (χ0v) is 8.88. The molecular weight excluding hydrogens is 176 g/mol. The molecule has 2 nitrogen and oxygen atoms in total. The Balaban J connectivity index is 2.34. The first kappa shape index (κ1) is 10.9. The highest BCUT2D eigenvalue weighted by Crippen LogP contribution is 2.17. The van der Waals surface area contributed by atoms with Crippen LogP contribution < -0.4 is 9.47 Å². The minimum Gasteiger partial charge on any atom is -0.496 e. The van der Waals surface area contributed by atoms with Gasteiger partial charge in [-0.3, -0.25) is 0 Å². The van der Waals surface area contributed by atoms with Gasteiger partial charge in [0.2, 0.25) is 0 Å². The van der Waals surface area contributed by atoms with Crippen molar-refractivity contribution in [3.63, 3.8) is 0 Å². The molecule has 1 rings (SSSR count). The second-order valence-electron chi connectivity index (χ2n) is 3.14. The van der Waals surface area contributed by atoms with E-state index in [1.165, 1.54) is 12.8 Å². The molecule has 0 aromatic heterocycles. The third-order valence-corrected chi connectivity index (χ3v) is 1.97. The average molecular weight is 193 g/mol. The molecule has 0 unspecified atom stereocenters. The summed E-state index contributed by atoms with van der Waals surface area (Å²) in [5, 5.41) is 0. The van der Waals surface area contributed by atoms with Gasteiger partial charge < -0.3 is 9.47 Å². The molecule has 0 aliphatic heterocycles. The predicted molar refractivity (Wildman–Crippen MR) is 56.9 cm³/mol. The maximum absolute atomic E-state index is 5.52. The average Bonchev–Trinajstić information content (AvgIpc) is 2.25. The highest BCUT2D eigenvalue weighted by molar-refractivity contribution is 5.30. The van der Waals surface area contributed by atoms with Crippen molar-refractivity contribution in [3.05, 3.63) is 24.3 Å².